The molecule has 0 saturated heterocycles. The third kappa shape index (κ3) is 2.01. The van der Waals surface area contributed by atoms with Gasteiger partial charge in [-0.05, 0) is 40.9 Å². The molecule has 20 heavy (non-hydrogen) atoms. The summed E-state index contributed by atoms with van der Waals surface area (Å²) in [4.78, 5) is 11.2. The summed E-state index contributed by atoms with van der Waals surface area (Å²) in [6.07, 6.45) is 2.38. The molecule has 3 heteroatoms. The van der Waals surface area contributed by atoms with E-state index in [0.717, 1.165) is 11.3 Å². The fourth-order valence-electron chi connectivity index (χ4n) is 3.18. The lowest BCUT2D eigenvalue weighted by atomic mass is 9.63. The van der Waals surface area contributed by atoms with Crippen molar-refractivity contribution in [1.82, 2.24) is 5.16 Å². The van der Waals surface area contributed by atoms with Gasteiger partial charge in [-0.3, -0.25) is 0 Å². The Labute approximate surface area is 119 Å². The minimum atomic E-state index is -0.336. The van der Waals surface area contributed by atoms with Gasteiger partial charge in [0, 0.05) is 5.56 Å². The molecule has 3 rings (SSSR count). The van der Waals surface area contributed by atoms with Gasteiger partial charge < -0.3 is 4.52 Å². The van der Waals surface area contributed by atoms with Crippen molar-refractivity contribution < 1.29 is 4.52 Å². The number of hydrogen-bond donors (Lipinski definition) is 1. The van der Waals surface area contributed by atoms with Crippen LogP contribution in [0.5, 0.6) is 0 Å². The highest BCUT2D eigenvalue weighted by atomic mass is 16.5. The highest BCUT2D eigenvalue weighted by Crippen LogP contribution is 2.46. The average Bonchev–Trinajstić information content (AvgIpc) is 2.82. The van der Waals surface area contributed by atoms with Crippen LogP contribution in [0.25, 0.3) is 11.3 Å². The van der Waals surface area contributed by atoms with Gasteiger partial charge in [-0.25, -0.2) is 9.95 Å². The maximum Gasteiger partial charge on any atom is 0.357 e. The van der Waals surface area contributed by atoms with Crippen LogP contribution in [0.4, 0.5) is 0 Å². The van der Waals surface area contributed by atoms with Crippen molar-refractivity contribution in [2.24, 2.45) is 0 Å². The second kappa shape index (κ2) is 4.11. The molecule has 106 valence electrons. The number of fused-ring (bicyclic) bond motifs is 1. The highest BCUT2D eigenvalue weighted by molar-refractivity contribution is 5.62. The number of benzene rings is 1. The summed E-state index contributed by atoms with van der Waals surface area (Å²) in [5, 5.41) is 2.69. The van der Waals surface area contributed by atoms with Gasteiger partial charge >= 0.3 is 5.63 Å². The van der Waals surface area contributed by atoms with E-state index in [9.17, 15) is 4.79 Å². The van der Waals surface area contributed by atoms with Crippen molar-refractivity contribution in [2.45, 2.75) is 51.4 Å². The van der Waals surface area contributed by atoms with E-state index in [0.29, 0.717) is 0 Å². The van der Waals surface area contributed by atoms with E-state index in [1.807, 2.05) is 0 Å². The molecule has 1 heterocycles. The van der Waals surface area contributed by atoms with E-state index in [1.54, 1.807) is 0 Å². The van der Waals surface area contributed by atoms with E-state index in [2.05, 4.69) is 51.1 Å². The van der Waals surface area contributed by atoms with Gasteiger partial charge in [0.15, 0.2) is 0 Å². The average molecular weight is 271 g/mol. The Morgan fingerprint density at radius 2 is 1.65 bits per heavy atom. The summed E-state index contributed by atoms with van der Waals surface area (Å²) in [6, 6.07) is 7.99. The van der Waals surface area contributed by atoms with Crippen molar-refractivity contribution in [1.29, 1.82) is 0 Å². The van der Waals surface area contributed by atoms with Crippen LogP contribution in [0.15, 0.2) is 33.6 Å². The first-order valence-corrected chi connectivity index (χ1v) is 7.13. The summed E-state index contributed by atoms with van der Waals surface area (Å²) < 4.78 is 4.78. The summed E-state index contributed by atoms with van der Waals surface area (Å²) in [6.45, 7) is 9.20. The van der Waals surface area contributed by atoms with Crippen LogP contribution in [0.3, 0.4) is 0 Å². The van der Waals surface area contributed by atoms with Gasteiger partial charge in [0.1, 0.15) is 0 Å². The molecule has 2 aromatic rings. The van der Waals surface area contributed by atoms with Gasteiger partial charge in [-0.15, -0.1) is 0 Å². The zero-order valence-electron chi connectivity index (χ0n) is 12.5. The first kappa shape index (κ1) is 13.2. The van der Waals surface area contributed by atoms with Gasteiger partial charge in [-0.1, -0.05) is 39.8 Å². The monoisotopic (exact) mass is 271 g/mol. The van der Waals surface area contributed by atoms with Crippen molar-refractivity contribution in [3.63, 3.8) is 0 Å². The normalized spacial score (nSPS) is 19.6. The SMILES string of the molecule is CC1(C)CCC(C)(C)c2cc(-c3cc(=O)o[nH]3)ccc21. The van der Waals surface area contributed by atoms with Gasteiger partial charge in [0.2, 0.25) is 0 Å². The van der Waals surface area contributed by atoms with E-state index in [-0.39, 0.29) is 16.5 Å². The fraction of sp³-hybridized carbons (Fsp3) is 0.471. The Bertz CT molecular complexity index is 704. The van der Waals surface area contributed by atoms with Crippen LogP contribution >= 0.6 is 0 Å². The minimum Gasteiger partial charge on any atom is -0.339 e. The lowest BCUT2D eigenvalue weighted by molar-refractivity contribution is 0.332. The number of aromatic nitrogens is 1. The second-order valence-corrected chi connectivity index (χ2v) is 7.11. The zero-order chi connectivity index (χ0) is 14.5. The van der Waals surface area contributed by atoms with Crippen LogP contribution < -0.4 is 5.63 Å². The smallest absolute Gasteiger partial charge is 0.339 e. The number of nitrogens with one attached hydrogen (secondary N) is 1. The molecule has 0 saturated carbocycles. The molecule has 3 nitrogen and oxygen atoms in total. The topological polar surface area (TPSA) is 46.0 Å². The third-order valence-electron chi connectivity index (χ3n) is 4.69. The van der Waals surface area contributed by atoms with Crippen LogP contribution in [0.2, 0.25) is 0 Å². The van der Waals surface area contributed by atoms with E-state index in [1.165, 1.54) is 30.0 Å². The summed E-state index contributed by atoms with van der Waals surface area (Å²) in [5.41, 5.74) is 4.62. The van der Waals surface area contributed by atoms with Crippen LogP contribution in [0.1, 0.15) is 51.7 Å². The minimum absolute atomic E-state index is 0.172. The molecular formula is C17H21NO2. The molecule has 0 fully saturated rings. The molecule has 1 aliphatic rings. The van der Waals surface area contributed by atoms with Crippen molar-refractivity contribution in [2.75, 3.05) is 0 Å². The molecule has 0 amide bonds. The molecule has 0 unspecified atom stereocenters. The molecule has 0 spiro atoms. The third-order valence-corrected chi connectivity index (χ3v) is 4.69. The maximum atomic E-state index is 11.2. The predicted molar refractivity (Wildman–Crippen MR) is 80.1 cm³/mol. The molecular weight excluding hydrogens is 250 g/mol. The molecule has 0 radical (unpaired) electrons. The highest BCUT2D eigenvalue weighted by Gasteiger charge is 2.37. The Balaban J connectivity index is 2.18. The fourth-order valence-corrected chi connectivity index (χ4v) is 3.18. The Morgan fingerprint density at radius 3 is 2.25 bits per heavy atom. The molecule has 1 aromatic heterocycles. The largest absolute Gasteiger partial charge is 0.357 e. The van der Waals surface area contributed by atoms with Crippen molar-refractivity contribution in [3.05, 3.63) is 45.8 Å². The molecule has 0 aliphatic heterocycles. The summed E-state index contributed by atoms with van der Waals surface area (Å²) in [7, 11) is 0. The molecule has 1 N–H and O–H groups in total. The van der Waals surface area contributed by atoms with Crippen LogP contribution in [-0.4, -0.2) is 5.16 Å². The Kier molecular flexibility index (Phi) is 2.72. The van der Waals surface area contributed by atoms with E-state index in [4.69, 9.17) is 4.52 Å². The van der Waals surface area contributed by atoms with Gasteiger partial charge in [0.25, 0.3) is 0 Å². The number of rotatable bonds is 1. The van der Waals surface area contributed by atoms with Crippen molar-refractivity contribution >= 4 is 0 Å². The second-order valence-electron chi connectivity index (χ2n) is 7.11. The lowest BCUT2D eigenvalue weighted by Gasteiger charge is -2.42. The molecule has 0 atom stereocenters. The molecule has 1 aromatic carbocycles. The lowest BCUT2D eigenvalue weighted by Crippen LogP contribution is -2.33. The predicted octanol–water partition coefficient (Wildman–Crippen LogP) is 3.98. The first-order valence-electron chi connectivity index (χ1n) is 7.13. The Morgan fingerprint density at radius 1 is 1.00 bits per heavy atom. The van der Waals surface area contributed by atoms with Gasteiger partial charge in [0.05, 0.1) is 11.8 Å². The summed E-state index contributed by atoms with van der Waals surface area (Å²) >= 11 is 0. The van der Waals surface area contributed by atoms with Crippen molar-refractivity contribution in [3.8, 4) is 11.3 Å². The van der Waals surface area contributed by atoms with Crippen LogP contribution in [-0.2, 0) is 10.8 Å². The number of H-pyrrole nitrogens is 1. The number of hydrogen-bond acceptors (Lipinski definition) is 2. The molecule has 0 bridgehead atoms. The standard InChI is InChI=1S/C17H21NO2/c1-16(2)7-8-17(3,4)13-9-11(5-6-12(13)16)14-10-15(19)20-18-14/h5-6,9-10,18H,7-8H2,1-4H3. The zero-order valence-corrected chi connectivity index (χ0v) is 12.5. The van der Waals surface area contributed by atoms with E-state index >= 15 is 0 Å². The van der Waals surface area contributed by atoms with E-state index < -0.39 is 0 Å². The van der Waals surface area contributed by atoms with Crippen LogP contribution in [0, 0.1) is 0 Å². The quantitative estimate of drug-likeness (QED) is 0.852. The summed E-state index contributed by atoms with van der Waals surface area (Å²) in [5.74, 6) is 0. The maximum absolute atomic E-state index is 11.2. The Hall–Kier alpha value is -1.77. The van der Waals surface area contributed by atoms with Gasteiger partial charge in [-0.2, -0.15) is 0 Å². The molecule has 1 aliphatic carbocycles. The first-order chi connectivity index (χ1) is 9.29. The number of aromatic amines is 1.